The van der Waals surface area contributed by atoms with E-state index < -0.39 is 0 Å². The number of H-pyrrole nitrogens is 1. The first kappa shape index (κ1) is 18.1. The van der Waals surface area contributed by atoms with Gasteiger partial charge in [-0.25, -0.2) is 19.9 Å². The number of aromatic amines is 1. The molecule has 0 aliphatic heterocycles. The van der Waals surface area contributed by atoms with Gasteiger partial charge in [0.1, 0.15) is 11.4 Å². The Labute approximate surface area is 166 Å². The van der Waals surface area contributed by atoms with E-state index in [0.29, 0.717) is 23.2 Å². The number of nitrogens with zero attached hydrogens (tertiary/aromatic N) is 5. The molecule has 4 rings (SSSR count). The fraction of sp³-hybridized carbons (Fsp3) is 0.100. The Morgan fingerprint density at radius 1 is 1.10 bits per heavy atom. The highest BCUT2D eigenvalue weighted by Crippen LogP contribution is 2.14. The van der Waals surface area contributed by atoms with E-state index in [9.17, 15) is 4.79 Å². The first-order valence-electron chi connectivity index (χ1n) is 8.77. The van der Waals surface area contributed by atoms with Crippen LogP contribution in [0.2, 0.25) is 0 Å². The third kappa shape index (κ3) is 4.33. The summed E-state index contributed by atoms with van der Waals surface area (Å²) in [4.78, 5) is 28.5. The van der Waals surface area contributed by atoms with E-state index in [-0.39, 0.29) is 12.5 Å². The lowest BCUT2D eigenvalue weighted by molar-refractivity contribution is -0.118. The first-order chi connectivity index (χ1) is 14.2. The molecule has 0 saturated carbocycles. The maximum Gasteiger partial charge on any atom is 0.239 e. The molecule has 3 heterocycles. The van der Waals surface area contributed by atoms with Crippen molar-refractivity contribution in [2.45, 2.75) is 0 Å². The van der Waals surface area contributed by atoms with Gasteiger partial charge >= 0.3 is 0 Å². The zero-order valence-electron chi connectivity index (χ0n) is 15.5. The lowest BCUT2D eigenvalue weighted by Crippen LogP contribution is -2.26. The topological polar surface area (TPSA) is 121 Å². The second-order valence-corrected chi connectivity index (χ2v) is 5.98. The van der Waals surface area contributed by atoms with Crippen LogP contribution in [0.4, 0.5) is 5.95 Å². The maximum atomic E-state index is 11.4. The van der Waals surface area contributed by atoms with Gasteiger partial charge in [0.2, 0.25) is 11.9 Å². The third-order valence-electron chi connectivity index (χ3n) is 4.00. The molecular weight excluding hydrogens is 368 g/mol. The number of rotatable bonds is 4. The van der Waals surface area contributed by atoms with Gasteiger partial charge in [-0.2, -0.15) is 5.10 Å². The number of benzene rings is 1. The number of likely N-dealkylation sites (N-methyl/N-ethyl adjacent to an activating group) is 1. The molecule has 0 unspecified atom stereocenters. The number of hydrogen-bond acceptors (Lipinski definition) is 7. The minimum atomic E-state index is -0.166. The van der Waals surface area contributed by atoms with Crippen molar-refractivity contribution in [2.24, 2.45) is 0 Å². The van der Waals surface area contributed by atoms with Crippen LogP contribution in [0, 0.1) is 11.8 Å². The molecule has 142 valence electrons. The molecule has 0 radical (unpaired) electrons. The van der Waals surface area contributed by atoms with Gasteiger partial charge in [0.15, 0.2) is 5.82 Å². The van der Waals surface area contributed by atoms with Crippen LogP contribution in [0.15, 0.2) is 48.9 Å². The molecular formula is C20H16N8O. The molecule has 3 N–H and O–H groups in total. The normalized spacial score (nSPS) is 10.2. The number of fused-ring (bicyclic) bond motifs is 1. The zero-order valence-corrected chi connectivity index (χ0v) is 15.5. The zero-order chi connectivity index (χ0) is 20.1. The number of carbonyl (C=O) groups excluding carboxylic acids is 1. The summed E-state index contributed by atoms with van der Waals surface area (Å²) in [6.07, 6.45) is 4.97. The highest BCUT2D eigenvalue weighted by molar-refractivity contribution is 5.80. The van der Waals surface area contributed by atoms with Crippen LogP contribution < -0.4 is 10.6 Å². The highest BCUT2D eigenvalue weighted by Gasteiger charge is 2.07. The summed E-state index contributed by atoms with van der Waals surface area (Å²) in [7, 11) is 1.56. The summed E-state index contributed by atoms with van der Waals surface area (Å²) < 4.78 is 0. The molecule has 29 heavy (non-hydrogen) atoms. The number of nitrogens with one attached hydrogen (secondary N) is 3. The Hall–Kier alpha value is -4.32. The van der Waals surface area contributed by atoms with Gasteiger partial charge in [-0.15, -0.1) is 0 Å². The number of carbonyl (C=O) groups is 1. The fourth-order valence-electron chi connectivity index (χ4n) is 2.52. The second kappa shape index (κ2) is 8.14. The average molecular weight is 384 g/mol. The van der Waals surface area contributed by atoms with Crippen LogP contribution in [0.5, 0.6) is 0 Å². The molecule has 4 aromatic rings. The quantitative estimate of drug-likeness (QED) is 0.454. The second-order valence-electron chi connectivity index (χ2n) is 5.98. The summed E-state index contributed by atoms with van der Waals surface area (Å²) >= 11 is 0. The summed E-state index contributed by atoms with van der Waals surface area (Å²) in [5, 5.41) is 13.3. The average Bonchev–Trinajstić information content (AvgIpc) is 3.24. The Morgan fingerprint density at radius 2 is 2.00 bits per heavy atom. The minimum Gasteiger partial charge on any atom is -0.358 e. The van der Waals surface area contributed by atoms with E-state index in [1.165, 1.54) is 0 Å². The van der Waals surface area contributed by atoms with Crippen molar-refractivity contribution < 1.29 is 4.79 Å². The summed E-state index contributed by atoms with van der Waals surface area (Å²) in [6, 6.07) is 9.25. The van der Waals surface area contributed by atoms with Gasteiger partial charge in [-0.05, 0) is 36.3 Å². The molecule has 0 saturated heterocycles. The smallest absolute Gasteiger partial charge is 0.239 e. The molecule has 1 amide bonds. The van der Waals surface area contributed by atoms with E-state index in [0.717, 1.165) is 16.5 Å². The monoisotopic (exact) mass is 384 g/mol. The number of anilines is 1. The number of aromatic nitrogens is 6. The van der Waals surface area contributed by atoms with Crippen LogP contribution in [0.25, 0.3) is 22.4 Å². The fourth-order valence-corrected chi connectivity index (χ4v) is 2.52. The predicted molar refractivity (Wildman–Crippen MR) is 108 cm³/mol. The van der Waals surface area contributed by atoms with Crippen molar-refractivity contribution in [3.05, 3.63) is 60.2 Å². The Morgan fingerprint density at radius 3 is 2.90 bits per heavy atom. The molecule has 1 aromatic carbocycles. The van der Waals surface area contributed by atoms with Crippen LogP contribution in [-0.4, -0.2) is 49.6 Å². The van der Waals surface area contributed by atoms with E-state index in [2.05, 4.69) is 52.6 Å². The van der Waals surface area contributed by atoms with E-state index in [1.807, 2.05) is 18.2 Å². The summed E-state index contributed by atoms with van der Waals surface area (Å²) in [6.45, 7) is 0.0767. The molecule has 0 aliphatic carbocycles. The minimum absolute atomic E-state index is 0.0767. The maximum absolute atomic E-state index is 11.4. The SMILES string of the molecule is CNC(=O)CNc1nccc(-c2nccc(C#Cc3ccc4[nH]ncc4c3)n2)n1. The van der Waals surface area contributed by atoms with Crippen molar-refractivity contribution in [1.29, 1.82) is 0 Å². The lowest BCUT2D eigenvalue weighted by atomic mass is 10.1. The molecule has 0 bridgehead atoms. The predicted octanol–water partition coefficient (Wildman–Crippen LogP) is 1.37. The molecule has 0 aliphatic rings. The molecule has 3 aromatic heterocycles. The molecule has 9 nitrogen and oxygen atoms in total. The van der Waals surface area contributed by atoms with Gasteiger partial charge in [-0.1, -0.05) is 5.92 Å². The van der Waals surface area contributed by atoms with Crippen molar-refractivity contribution in [1.82, 2.24) is 35.5 Å². The lowest BCUT2D eigenvalue weighted by Gasteiger charge is -2.05. The van der Waals surface area contributed by atoms with Crippen LogP contribution in [-0.2, 0) is 4.79 Å². The van der Waals surface area contributed by atoms with Crippen molar-refractivity contribution in [3.63, 3.8) is 0 Å². The van der Waals surface area contributed by atoms with Crippen molar-refractivity contribution >= 4 is 22.8 Å². The van der Waals surface area contributed by atoms with Gasteiger partial charge in [0, 0.05) is 30.4 Å². The molecule has 9 heteroatoms. The Kier molecular flexibility index (Phi) is 5.07. The Balaban J connectivity index is 1.55. The van der Waals surface area contributed by atoms with Crippen LogP contribution in [0.1, 0.15) is 11.3 Å². The van der Waals surface area contributed by atoms with Gasteiger partial charge in [0.25, 0.3) is 0 Å². The number of hydrogen-bond donors (Lipinski definition) is 3. The third-order valence-corrected chi connectivity index (χ3v) is 4.00. The standard InChI is InChI=1S/C20H16N8O/c1-21-18(29)12-24-20-23-9-7-17(27-20)19-22-8-6-15(26-19)4-2-13-3-5-16-14(10-13)11-25-28-16/h3,5-11H,12H2,1H3,(H,21,29)(H,25,28)(H,23,24,27). The van der Waals surface area contributed by atoms with Crippen molar-refractivity contribution in [3.8, 4) is 23.4 Å². The molecule has 0 fully saturated rings. The van der Waals surface area contributed by atoms with E-state index >= 15 is 0 Å². The molecule has 0 spiro atoms. The van der Waals surface area contributed by atoms with E-state index in [4.69, 9.17) is 0 Å². The summed E-state index contributed by atoms with van der Waals surface area (Å²) in [5.74, 6) is 6.72. The van der Waals surface area contributed by atoms with Crippen LogP contribution >= 0.6 is 0 Å². The van der Waals surface area contributed by atoms with Crippen molar-refractivity contribution in [2.75, 3.05) is 18.9 Å². The van der Waals surface area contributed by atoms with Crippen LogP contribution in [0.3, 0.4) is 0 Å². The van der Waals surface area contributed by atoms with Gasteiger partial charge in [0.05, 0.1) is 18.3 Å². The van der Waals surface area contributed by atoms with Gasteiger partial charge < -0.3 is 10.6 Å². The Bertz CT molecular complexity index is 1240. The van der Waals surface area contributed by atoms with Gasteiger partial charge in [-0.3, -0.25) is 9.89 Å². The summed E-state index contributed by atoms with van der Waals surface area (Å²) in [5.41, 5.74) is 2.93. The number of amides is 1. The van der Waals surface area contributed by atoms with E-state index in [1.54, 1.807) is 37.8 Å². The largest absolute Gasteiger partial charge is 0.358 e. The molecule has 0 atom stereocenters. The highest BCUT2D eigenvalue weighted by atomic mass is 16.1. The first-order valence-corrected chi connectivity index (χ1v) is 8.77.